The Kier molecular flexibility index (Phi) is 4.70. The number of hydrogen-bond donors (Lipinski definition) is 2. The molecule has 2 N–H and O–H groups in total. The van der Waals surface area contributed by atoms with Crippen LogP contribution in [0.15, 0.2) is 47.6 Å². The number of rotatable bonds is 4. The van der Waals surface area contributed by atoms with Gasteiger partial charge in [-0.25, -0.2) is 5.43 Å². The topological polar surface area (TPSA) is 105 Å². The molecule has 7 heteroatoms. The van der Waals surface area contributed by atoms with Crippen LogP contribution in [0.5, 0.6) is 5.75 Å². The molecule has 0 radical (unpaired) electrons. The van der Waals surface area contributed by atoms with Gasteiger partial charge in [0.2, 0.25) is 0 Å². The minimum atomic E-state index is -0.484. The SMILES string of the molecule is C/C(=N/NC(=O)c1cccc(O)c1)c1ccc(C)c([N+](=O)[O-])c1. The van der Waals surface area contributed by atoms with Gasteiger partial charge in [-0.05, 0) is 32.0 Å². The normalized spacial score (nSPS) is 11.1. The van der Waals surface area contributed by atoms with E-state index in [9.17, 15) is 20.0 Å². The van der Waals surface area contributed by atoms with Crippen LogP contribution in [0, 0.1) is 17.0 Å². The molecule has 118 valence electrons. The quantitative estimate of drug-likeness (QED) is 0.514. The number of benzene rings is 2. The monoisotopic (exact) mass is 313 g/mol. The van der Waals surface area contributed by atoms with E-state index in [1.165, 1.54) is 24.3 Å². The molecular weight excluding hydrogens is 298 g/mol. The number of hydrazone groups is 1. The van der Waals surface area contributed by atoms with Crippen molar-refractivity contribution in [1.29, 1.82) is 0 Å². The number of phenolic OH excluding ortho intramolecular Hbond substituents is 1. The molecular formula is C16H15N3O4. The predicted octanol–water partition coefficient (Wildman–Crippen LogP) is 2.76. The Balaban J connectivity index is 2.18. The van der Waals surface area contributed by atoms with Crippen molar-refractivity contribution in [2.24, 2.45) is 5.10 Å². The van der Waals surface area contributed by atoms with Crippen LogP contribution in [0.4, 0.5) is 5.69 Å². The molecule has 0 aromatic heterocycles. The van der Waals surface area contributed by atoms with Crippen molar-refractivity contribution in [2.45, 2.75) is 13.8 Å². The Morgan fingerprint density at radius 1 is 1.22 bits per heavy atom. The van der Waals surface area contributed by atoms with Crippen LogP contribution in [0.2, 0.25) is 0 Å². The highest BCUT2D eigenvalue weighted by Crippen LogP contribution is 2.19. The van der Waals surface area contributed by atoms with E-state index < -0.39 is 10.8 Å². The Hall–Kier alpha value is -3.22. The second-order valence-electron chi connectivity index (χ2n) is 4.95. The predicted molar refractivity (Wildman–Crippen MR) is 85.6 cm³/mol. The molecule has 0 saturated carbocycles. The molecule has 0 bridgehead atoms. The summed E-state index contributed by atoms with van der Waals surface area (Å²) in [5.41, 5.74) is 4.14. The number of nitro benzene ring substituents is 1. The van der Waals surface area contributed by atoms with Crippen LogP contribution < -0.4 is 5.43 Å². The number of carbonyl (C=O) groups is 1. The number of nitrogens with zero attached hydrogens (tertiary/aromatic N) is 2. The van der Waals surface area contributed by atoms with Crippen LogP contribution in [-0.4, -0.2) is 21.6 Å². The Bertz CT molecular complexity index is 800. The van der Waals surface area contributed by atoms with Crippen LogP contribution in [0.1, 0.15) is 28.4 Å². The van der Waals surface area contributed by atoms with Crippen molar-refractivity contribution in [3.05, 3.63) is 69.3 Å². The summed E-state index contributed by atoms with van der Waals surface area (Å²) in [6, 6.07) is 10.6. The minimum Gasteiger partial charge on any atom is -0.508 e. The second-order valence-corrected chi connectivity index (χ2v) is 4.95. The van der Waals surface area contributed by atoms with E-state index in [-0.39, 0.29) is 17.0 Å². The number of amides is 1. The standard InChI is InChI=1S/C16H15N3O4/c1-10-6-7-12(9-15(10)19(22)23)11(2)17-18-16(21)13-4-3-5-14(20)8-13/h3-9,20H,1-2H3,(H,18,21)/b17-11-. The van der Waals surface area contributed by atoms with Crippen LogP contribution in [-0.2, 0) is 0 Å². The maximum absolute atomic E-state index is 11.9. The summed E-state index contributed by atoms with van der Waals surface area (Å²) >= 11 is 0. The van der Waals surface area contributed by atoms with Gasteiger partial charge in [0.15, 0.2) is 0 Å². The first kappa shape index (κ1) is 16.2. The summed E-state index contributed by atoms with van der Waals surface area (Å²) in [6.07, 6.45) is 0. The number of aromatic hydroxyl groups is 1. The lowest BCUT2D eigenvalue weighted by Gasteiger charge is -2.04. The fourth-order valence-electron chi connectivity index (χ4n) is 1.94. The van der Waals surface area contributed by atoms with Crippen LogP contribution >= 0.6 is 0 Å². The zero-order valence-corrected chi connectivity index (χ0v) is 12.6. The van der Waals surface area contributed by atoms with E-state index in [4.69, 9.17) is 0 Å². The van der Waals surface area contributed by atoms with E-state index in [0.717, 1.165) is 0 Å². The van der Waals surface area contributed by atoms with Crippen molar-refractivity contribution in [3.8, 4) is 5.75 Å². The summed E-state index contributed by atoms with van der Waals surface area (Å²) in [4.78, 5) is 22.4. The Morgan fingerprint density at radius 2 is 1.96 bits per heavy atom. The van der Waals surface area contributed by atoms with E-state index in [0.29, 0.717) is 16.8 Å². The maximum atomic E-state index is 11.9. The van der Waals surface area contributed by atoms with E-state index in [1.54, 1.807) is 32.0 Å². The summed E-state index contributed by atoms with van der Waals surface area (Å²) in [5, 5.41) is 24.2. The molecule has 23 heavy (non-hydrogen) atoms. The highest BCUT2D eigenvalue weighted by atomic mass is 16.6. The molecule has 2 rings (SSSR count). The van der Waals surface area contributed by atoms with Gasteiger partial charge in [-0.15, -0.1) is 0 Å². The molecule has 0 fully saturated rings. The third kappa shape index (κ3) is 3.91. The number of nitrogens with one attached hydrogen (secondary N) is 1. The molecule has 1 amide bonds. The third-order valence-electron chi connectivity index (χ3n) is 3.26. The van der Waals surface area contributed by atoms with Crippen molar-refractivity contribution in [2.75, 3.05) is 0 Å². The minimum absolute atomic E-state index is 0.00337. The highest BCUT2D eigenvalue weighted by Gasteiger charge is 2.12. The average molecular weight is 313 g/mol. The summed E-state index contributed by atoms with van der Waals surface area (Å²) < 4.78 is 0. The number of aryl methyl sites for hydroxylation is 1. The molecule has 0 aliphatic carbocycles. The van der Waals surface area contributed by atoms with Gasteiger partial charge in [-0.2, -0.15) is 5.10 Å². The maximum Gasteiger partial charge on any atom is 0.272 e. The van der Waals surface area contributed by atoms with E-state index in [1.807, 2.05) is 0 Å². The van der Waals surface area contributed by atoms with Crippen LogP contribution in [0.25, 0.3) is 0 Å². The van der Waals surface area contributed by atoms with Gasteiger partial charge in [0.05, 0.1) is 10.6 Å². The first-order chi connectivity index (χ1) is 10.9. The van der Waals surface area contributed by atoms with E-state index >= 15 is 0 Å². The van der Waals surface area contributed by atoms with Crippen molar-refractivity contribution < 1.29 is 14.8 Å². The first-order valence-corrected chi connectivity index (χ1v) is 6.77. The zero-order valence-electron chi connectivity index (χ0n) is 12.6. The van der Waals surface area contributed by atoms with Gasteiger partial charge in [0.1, 0.15) is 5.75 Å². The van der Waals surface area contributed by atoms with Gasteiger partial charge >= 0.3 is 0 Å². The molecule has 0 aliphatic rings. The molecule has 2 aromatic carbocycles. The molecule has 0 saturated heterocycles. The van der Waals surface area contributed by atoms with Gasteiger partial charge < -0.3 is 5.11 Å². The van der Waals surface area contributed by atoms with Gasteiger partial charge in [-0.3, -0.25) is 14.9 Å². The Labute approximate surface area is 132 Å². The number of carbonyl (C=O) groups excluding carboxylic acids is 1. The second kappa shape index (κ2) is 6.69. The average Bonchev–Trinajstić information content (AvgIpc) is 2.52. The smallest absolute Gasteiger partial charge is 0.272 e. The molecule has 0 spiro atoms. The largest absolute Gasteiger partial charge is 0.508 e. The first-order valence-electron chi connectivity index (χ1n) is 6.77. The molecule has 7 nitrogen and oxygen atoms in total. The van der Waals surface area contributed by atoms with Crippen molar-refractivity contribution >= 4 is 17.3 Å². The molecule has 0 aliphatic heterocycles. The summed E-state index contributed by atoms with van der Waals surface area (Å²) in [6.45, 7) is 3.29. The number of hydrogen-bond acceptors (Lipinski definition) is 5. The summed E-state index contributed by atoms with van der Waals surface area (Å²) in [5.74, 6) is -0.505. The van der Waals surface area contributed by atoms with Gasteiger partial charge in [-0.1, -0.05) is 18.2 Å². The van der Waals surface area contributed by atoms with Gasteiger partial charge in [0.25, 0.3) is 11.6 Å². The summed E-state index contributed by atoms with van der Waals surface area (Å²) in [7, 11) is 0. The highest BCUT2D eigenvalue weighted by molar-refractivity contribution is 6.01. The van der Waals surface area contributed by atoms with Crippen molar-refractivity contribution in [3.63, 3.8) is 0 Å². The fourth-order valence-corrected chi connectivity index (χ4v) is 1.94. The number of phenols is 1. The van der Waals surface area contributed by atoms with E-state index in [2.05, 4.69) is 10.5 Å². The lowest BCUT2D eigenvalue weighted by atomic mass is 10.1. The molecule has 2 aromatic rings. The third-order valence-corrected chi connectivity index (χ3v) is 3.26. The molecule has 0 unspecified atom stereocenters. The Morgan fingerprint density at radius 3 is 2.61 bits per heavy atom. The van der Waals surface area contributed by atoms with Gasteiger partial charge in [0, 0.05) is 22.8 Å². The molecule has 0 heterocycles. The van der Waals surface area contributed by atoms with Crippen molar-refractivity contribution in [1.82, 2.24) is 5.43 Å². The lowest BCUT2D eigenvalue weighted by molar-refractivity contribution is -0.385. The molecule has 0 atom stereocenters. The zero-order chi connectivity index (χ0) is 17.0. The lowest BCUT2D eigenvalue weighted by Crippen LogP contribution is -2.19. The fraction of sp³-hybridized carbons (Fsp3) is 0.125. The van der Waals surface area contributed by atoms with Crippen LogP contribution in [0.3, 0.4) is 0 Å². The number of nitro groups is 1.